The molecule has 1 atom stereocenters. The van der Waals surface area contributed by atoms with Gasteiger partial charge in [-0.15, -0.1) is 0 Å². The topological polar surface area (TPSA) is 38.8 Å². The quantitative estimate of drug-likeness (QED) is 0.695. The molecule has 7 heteroatoms. The summed E-state index contributed by atoms with van der Waals surface area (Å²) < 4.78 is 49.3. The van der Waals surface area contributed by atoms with Crippen LogP contribution in [0.15, 0.2) is 42.5 Å². The molecule has 0 saturated carbocycles. The van der Waals surface area contributed by atoms with Crippen molar-refractivity contribution in [1.29, 1.82) is 0 Å². The maximum Gasteiger partial charge on any atom is 0.425 e. The Hall–Kier alpha value is -2.54. The second kappa shape index (κ2) is 8.30. The number of nitrogens with zero attached hydrogens (tertiary/aromatic N) is 1. The summed E-state index contributed by atoms with van der Waals surface area (Å²) in [6.45, 7) is 3.34. The summed E-state index contributed by atoms with van der Waals surface area (Å²) in [6.07, 6.45) is -4.52. The third-order valence-corrected chi connectivity index (χ3v) is 5.81. The molecule has 0 aliphatic carbocycles. The lowest BCUT2D eigenvalue weighted by molar-refractivity contribution is -0.189. The number of halogens is 3. The van der Waals surface area contributed by atoms with Gasteiger partial charge in [0.2, 0.25) is 0 Å². The Kier molecular flexibility index (Phi) is 5.73. The lowest BCUT2D eigenvalue weighted by Gasteiger charge is -2.22. The lowest BCUT2D eigenvalue weighted by Crippen LogP contribution is -2.32. The minimum Gasteiger partial charge on any atom is -0.480 e. The smallest absolute Gasteiger partial charge is 0.425 e. The fraction of sp³-hybridized carbons (Fsp3) is 0.435. The molecular weight excluding hydrogens is 395 g/mol. The molecule has 1 saturated heterocycles. The molecule has 0 N–H and O–H groups in total. The number of ether oxygens (including phenoxy) is 2. The Morgan fingerprint density at radius 1 is 1.10 bits per heavy atom. The van der Waals surface area contributed by atoms with E-state index in [0.717, 1.165) is 44.1 Å². The number of rotatable bonds is 4. The third-order valence-electron chi connectivity index (χ3n) is 5.81. The van der Waals surface area contributed by atoms with Gasteiger partial charge in [-0.05, 0) is 54.5 Å². The standard InChI is InChI=1S/C23H24F3NO3/c1-15(23(24,25)26)30-21-5-3-2-4-20(21)22(28)27-13-18-7-6-17(12-19(18)14-27)16-8-10-29-11-9-16/h2-7,12,15-16H,8-11,13-14H2,1H3. The molecule has 2 aliphatic rings. The number of alkyl halides is 3. The molecule has 1 fully saturated rings. The molecule has 0 spiro atoms. The van der Waals surface area contributed by atoms with E-state index < -0.39 is 12.3 Å². The summed E-state index contributed by atoms with van der Waals surface area (Å²) in [7, 11) is 0. The van der Waals surface area contributed by atoms with Crippen molar-refractivity contribution in [2.45, 2.75) is 51.1 Å². The van der Waals surface area contributed by atoms with Crippen LogP contribution in [0.1, 0.15) is 52.7 Å². The van der Waals surface area contributed by atoms with E-state index >= 15 is 0 Å². The largest absolute Gasteiger partial charge is 0.480 e. The van der Waals surface area contributed by atoms with Crippen molar-refractivity contribution in [3.05, 3.63) is 64.7 Å². The Morgan fingerprint density at radius 3 is 2.53 bits per heavy atom. The van der Waals surface area contributed by atoms with E-state index in [2.05, 4.69) is 18.2 Å². The Balaban J connectivity index is 1.51. The van der Waals surface area contributed by atoms with E-state index in [1.165, 1.54) is 17.7 Å². The second-order valence-electron chi connectivity index (χ2n) is 7.87. The summed E-state index contributed by atoms with van der Waals surface area (Å²) >= 11 is 0. The number of fused-ring (bicyclic) bond motifs is 1. The van der Waals surface area contributed by atoms with Crippen LogP contribution in [-0.2, 0) is 17.8 Å². The Bertz CT molecular complexity index is 922. The average molecular weight is 419 g/mol. The molecule has 4 rings (SSSR count). The van der Waals surface area contributed by atoms with Crippen LogP contribution in [0.3, 0.4) is 0 Å². The van der Waals surface area contributed by atoms with Crippen LogP contribution in [0.2, 0.25) is 0 Å². The van der Waals surface area contributed by atoms with Gasteiger partial charge in [-0.2, -0.15) is 13.2 Å². The van der Waals surface area contributed by atoms with E-state index in [0.29, 0.717) is 19.0 Å². The number of carbonyl (C=O) groups excluding carboxylic acids is 1. The average Bonchev–Trinajstić information content (AvgIpc) is 3.17. The van der Waals surface area contributed by atoms with Gasteiger partial charge in [-0.25, -0.2) is 0 Å². The van der Waals surface area contributed by atoms with Crippen molar-refractivity contribution in [3.8, 4) is 5.75 Å². The predicted octanol–water partition coefficient (Wildman–Crippen LogP) is 5.07. The SMILES string of the molecule is CC(Oc1ccccc1C(=O)N1Cc2ccc(C3CCOCC3)cc2C1)C(F)(F)F. The third kappa shape index (κ3) is 4.31. The molecule has 4 nitrogen and oxygen atoms in total. The highest BCUT2D eigenvalue weighted by atomic mass is 19.4. The first-order chi connectivity index (χ1) is 14.3. The van der Waals surface area contributed by atoms with E-state index in [-0.39, 0.29) is 17.2 Å². The molecule has 2 heterocycles. The molecule has 1 unspecified atom stereocenters. The van der Waals surface area contributed by atoms with E-state index in [1.54, 1.807) is 17.0 Å². The molecule has 30 heavy (non-hydrogen) atoms. The maximum atomic E-state index is 13.1. The van der Waals surface area contributed by atoms with Gasteiger partial charge in [0.25, 0.3) is 5.91 Å². The number of hydrogen-bond donors (Lipinski definition) is 0. The summed E-state index contributed by atoms with van der Waals surface area (Å²) in [4.78, 5) is 14.8. The van der Waals surface area contributed by atoms with Gasteiger partial charge in [-0.1, -0.05) is 30.3 Å². The molecule has 0 bridgehead atoms. The van der Waals surface area contributed by atoms with Gasteiger partial charge >= 0.3 is 6.18 Å². The summed E-state index contributed by atoms with van der Waals surface area (Å²) in [6, 6.07) is 12.4. The Morgan fingerprint density at radius 2 is 1.80 bits per heavy atom. The first-order valence-corrected chi connectivity index (χ1v) is 10.1. The van der Waals surface area contributed by atoms with E-state index in [9.17, 15) is 18.0 Å². The molecule has 0 radical (unpaired) electrons. The zero-order chi connectivity index (χ0) is 21.3. The number of hydrogen-bond acceptors (Lipinski definition) is 3. The zero-order valence-corrected chi connectivity index (χ0v) is 16.7. The van der Waals surface area contributed by atoms with Gasteiger partial charge in [-0.3, -0.25) is 4.79 Å². The van der Waals surface area contributed by atoms with Gasteiger partial charge < -0.3 is 14.4 Å². The second-order valence-corrected chi connectivity index (χ2v) is 7.87. The molecule has 2 aromatic carbocycles. The van der Waals surface area contributed by atoms with Crippen LogP contribution in [0, 0.1) is 0 Å². The molecule has 1 amide bonds. The first-order valence-electron chi connectivity index (χ1n) is 10.1. The maximum absolute atomic E-state index is 13.1. The highest BCUT2D eigenvalue weighted by Crippen LogP contribution is 2.33. The van der Waals surface area contributed by atoms with E-state index in [1.807, 2.05) is 0 Å². The van der Waals surface area contributed by atoms with Crippen LogP contribution in [0.5, 0.6) is 5.75 Å². The highest BCUT2D eigenvalue weighted by molar-refractivity contribution is 5.97. The zero-order valence-electron chi connectivity index (χ0n) is 16.7. The minimum absolute atomic E-state index is 0.0498. The molecule has 2 aliphatic heterocycles. The van der Waals surface area contributed by atoms with Crippen LogP contribution in [0.25, 0.3) is 0 Å². The predicted molar refractivity (Wildman–Crippen MR) is 105 cm³/mol. The van der Waals surface area contributed by atoms with Crippen molar-refractivity contribution in [3.63, 3.8) is 0 Å². The molecule has 0 aromatic heterocycles. The molecular formula is C23H24F3NO3. The lowest BCUT2D eigenvalue weighted by atomic mass is 9.90. The fourth-order valence-electron chi connectivity index (χ4n) is 4.02. The number of amides is 1. The van der Waals surface area contributed by atoms with Crippen LogP contribution in [0.4, 0.5) is 13.2 Å². The highest BCUT2D eigenvalue weighted by Gasteiger charge is 2.39. The minimum atomic E-state index is -4.50. The van der Waals surface area contributed by atoms with Crippen LogP contribution >= 0.6 is 0 Å². The van der Waals surface area contributed by atoms with Gasteiger partial charge in [0.1, 0.15) is 5.75 Å². The molecule has 160 valence electrons. The van der Waals surface area contributed by atoms with Gasteiger partial charge in [0, 0.05) is 26.3 Å². The van der Waals surface area contributed by atoms with Crippen molar-refractivity contribution in [2.24, 2.45) is 0 Å². The first kappa shape index (κ1) is 20.7. The number of para-hydroxylation sites is 1. The summed E-state index contributed by atoms with van der Waals surface area (Å²) in [5.74, 6) is 0.0850. The van der Waals surface area contributed by atoms with Crippen molar-refractivity contribution in [2.75, 3.05) is 13.2 Å². The van der Waals surface area contributed by atoms with Gasteiger partial charge in [0.05, 0.1) is 5.56 Å². The van der Waals surface area contributed by atoms with Crippen LogP contribution < -0.4 is 4.74 Å². The monoisotopic (exact) mass is 419 g/mol. The fourth-order valence-corrected chi connectivity index (χ4v) is 4.02. The summed E-state index contributed by atoms with van der Waals surface area (Å²) in [5.41, 5.74) is 3.57. The van der Waals surface area contributed by atoms with E-state index in [4.69, 9.17) is 9.47 Å². The normalized spacial score (nSPS) is 18.2. The molecule has 2 aromatic rings. The van der Waals surface area contributed by atoms with Crippen LogP contribution in [-0.4, -0.2) is 36.3 Å². The van der Waals surface area contributed by atoms with Crippen molar-refractivity contribution in [1.82, 2.24) is 4.90 Å². The number of benzene rings is 2. The number of carbonyl (C=O) groups is 1. The Labute approximate surface area is 173 Å². The van der Waals surface area contributed by atoms with Crippen molar-refractivity contribution >= 4 is 5.91 Å². The van der Waals surface area contributed by atoms with Gasteiger partial charge in [0.15, 0.2) is 6.10 Å². The van der Waals surface area contributed by atoms with Crippen molar-refractivity contribution < 1.29 is 27.4 Å². The summed E-state index contributed by atoms with van der Waals surface area (Å²) in [5, 5.41) is 0.